The van der Waals surface area contributed by atoms with E-state index in [2.05, 4.69) is 46.9 Å². The van der Waals surface area contributed by atoms with E-state index in [9.17, 15) is 0 Å². The highest BCUT2D eigenvalue weighted by molar-refractivity contribution is 7.98. The van der Waals surface area contributed by atoms with Crippen molar-refractivity contribution in [3.8, 4) is 0 Å². The van der Waals surface area contributed by atoms with Crippen LogP contribution in [0.25, 0.3) is 0 Å². The normalized spacial score (nSPS) is 16.3. The Labute approximate surface area is 127 Å². The second kappa shape index (κ2) is 6.44. The molecule has 0 aromatic carbocycles. The second-order valence-electron chi connectivity index (χ2n) is 4.84. The highest BCUT2D eigenvalue weighted by atomic mass is 32.2. The maximum Gasteiger partial charge on any atom is 0.0679 e. The van der Waals surface area contributed by atoms with Crippen LogP contribution in [0.1, 0.15) is 40.3 Å². The monoisotopic (exact) mass is 309 g/mol. The molecule has 4 heteroatoms. The molecule has 3 rings (SSSR count). The minimum absolute atomic E-state index is 0.395. The fourth-order valence-electron chi connectivity index (χ4n) is 2.42. The van der Waals surface area contributed by atoms with Gasteiger partial charge in [-0.05, 0) is 59.2 Å². The summed E-state index contributed by atoms with van der Waals surface area (Å²) in [4.78, 5) is 3.12. The van der Waals surface area contributed by atoms with E-state index in [1.165, 1.54) is 34.8 Å². The van der Waals surface area contributed by atoms with Crippen LogP contribution in [-0.2, 0) is 12.2 Å². The van der Waals surface area contributed by atoms with Crippen molar-refractivity contribution in [2.24, 2.45) is 0 Å². The quantitative estimate of drug-likeness (QED) is 0.860. The van der Waals surface area contributed by atoms with Gasteiger partial charge in [0.05, 0.1) is 6.04 Å². The number of rotatable bonds is 5. The summed E-state index contributed by atoms with van der Waals surface area (Å²) in [6, 6.07) is 5.09. The largest absolute Gasteiger partial charge is 0.306 e. The van der Waals surface area contributed by atoms with Crippen LogP contribution in [0.4, 0.5) is 0 Å². The molecule has 0 saturated carbocycles. The Morgan fingerprint density at radius 2 is 2.37 bits per heavy atom. The molecule has 0 bridgehead atoms. The summed E-state index contributed by atoms with van der Waals surface area (Å²) in [5, 5.41) is 8.17. The fraction of sp³-hybridized carbons (Fsp3) is 0.467. The number of thiophene rings is 2. The van der Waals surface area contributed by atoms with Gasteiger partial charge in [-0.1, -0.05) is 6.92 Å². The standard InChI is InChI=1S/C15H19NS3/c1-2-5-16-15(11-3-6-17-9-11)14-8-12-10-18-7-4-13(12)19-14/h3,6,8-9,15-16H,2,4-5,7,10H2,1H3. The third kappa shape index (κ3) is 3.07. The fourth-order valence-corrected chi connectivity index (χ4v) is 5.59. The van der Waals surface area contributed by atoms with Crippen molar-refractivity contribution in [2.45, 2.75) is 31.6 Å². The van der Waals surface area contributed by atoms with Crippen LogP contribution in [0.15, 0.2) is 22.9 Å². The maximum atomic E-state index is 3.71. The highest BCUT2D eigenvalue weighted by Crippen LogP contribution is 2.36. The zero-order valence-electron chi connectivity index (χ0n) is 11.1. The van der Waals surface area contributed by atoms with Crippen LogP contribution in [0, 0.1) is 0 Å². The number of aryl methyl sites for hydroxylation is 1. The molecule has 0 fully saturated rings. The SMILES string of the molecule is CCCNC(c1ccsc1)c1cc2c(s1)CCSC2. The van der Waals surface area contributed by atoms with Gasteiger partial charge in [0.1, 0.15) is 0 Å². The van der Waals surface area contributed by atoms with Crippen LogP contribution >= 0.6 is 34.4 Å². The molecule has 2 aromatic heterocycles. The average molecular weight is 310 g/mol. The van der Waals surface area contributed by atoms with Crippen LogP contribution in [-0.4, -0.2) is 12.3 Å². The Balaban J connectivity index is 1.88. The summed E-state index contributed by atoms with van der Waals surface area (Å²) in [6.07, 6.45) is 2.44. The first-order chi connectivity index (χ1) is 9.38. The van der Waals surface area contributed by atoms with Crippen molar-refractivity contribution in [1.29, 1.82) is 0 Å². The van der Waals surface area contributed by atoms with Gasteiger partial charge in [-0.25, -0.2) is 0 Å². The van der Waals surface area contributed by atoms with Gasteiger partial charge in [0.15, 0.2) is 0 Å². The molecule has 1 nitrogen and oxygen atoms in total. The summed E-state index contributed by atoms with van der Waals surface area (Å²) in [5.41, 5.74) is 3.00. The van der Waals surface area contributed by atoms with E-state index >= 15 is 0 Å². The molecule has 1 atom stereocenters. The van der Waals surface area contributed by atoms with Gasteiger partial charge in [-0.2, -0.15) is 23.1 Å². The molecular weight excluding hydrogens is 290 g/mol. The average Bonchev–Trinajstić information content (AvgIpc) is 3.08. The van der Waals surface area contributed by atoms with Crippen molar-refractivity contribution in [3.63, 3.8) is 0 Å². The Hall–Kier alpha value is -0.290. The zero-order valence-corrected chi connectivity index (χ0v) is 13.6. The van der Waals surface area contributed by atoms with Crippen LogP contribution in [0.2, 0.25) is 0 Å². The summed E-state index contributed by atoms with van der Waals surface area (Å²) in [5.74, 6) is 2.49. The lowest BCUT2D eigenvalue weighted by Crippen LogP contribution is -2.21. The Kier molecular flexibility index (Phi) is 4.64. The minimum atomic E-state index is 0.395. The third-order valence-corrected chi connectivity index (χ3v) is 6.42. The first-order valence-corrected chi connectivity index (χ1v) is 9.74. The van der Waals surface area contributed by atoms with Gasteiger partial charge < -0.3 is 5.32 Å². The molecule has 2 aromatic rings. The molecule has 0 saturated heterocycles. The molecule has 1 aliphatic heterocycles. The van der Waals surface area contributed by atoms with E-state index < -0.39 is 0 Å². The predicted molar refractivity (Wildman–Crippen MR) is 88.6 cm³/mol. The van der Waals surface area contributed by atoms with Gasteiger partial charge in [0.2, 0.25) is 0 Å². The van der Waals surface area contributed by atoms with Crippen molar-refractivity contribution >= 4 is 34.4 Å². The molecule has 0 aliphatic carbocycles. The van der Waals surface area contributed by atoms with E-state index in [1.54, 1.807) is 21.8 Å². The summed E-state index contributed by atoms with van der Waals surface area (Å²) >= 11 is 5.88. The van der Waals surface area contributed by atoms with Crippen LogP contribution in [0.5, 0.6) is 0 Å². The molecule has 1 unspecified atom stereocenters. The van der Waals surface area contributed by atoms with Gasteiger partial charge in [0, 0.05) is 15.5 Å². The molecule has 0 amide bonds. The summed E-state index contributed by atoms with van der Waals surface area (Å²) in [7, 11) is 0. The maximum absolute atomic E-state index is 3.71. The Morgan fingerprint density at radius 3 is 3.11 bits per heavy atom. The molecule has 19 heavy (non-hydrogen) atoms. The Morgan fingerprint density at radius 1 is 1.42 bits per heavy atom. The first-order valence-electron chi connectivity index (χ1n) is 6.83. The van der Waals surface area contributed by atoms with Gasteiger partial charge in [-0.3, -0.25) is 0 Å². The van der Waals surface area contributed by atoms with Gasteiger partial charge in [0.25, 0.3) is 0 Å². The zero-order chi connectivity index (χ0) is 13.1. The smallest absolute Gasteiger partial charge is 0.0679 e. The second-order valence-corrected chi connectivity index (χ2v) is 7.90. The molecule has 0 radical (unpaired) electrons. The van der Waals surface area contributed by atoms with E-state index in [4.69, 9.17) is 0 Å². The topological polar surface area (TPSA) is 12.0 Å². The summed E-state index contributed by atoms with van der Waals surface area (Å²) in [6.45, 7) is 3.31. The van der Waals surface area contributed by atoms with E-state index in [1.807, 2.05) is 11.3 Å². The number of hydrogen-bond donors (Lipinski definition) is 1. The highest BCUT2D eigenvalue weighted by Gasteiger charge is 2.20. The van der Waals surface area contributed by atoms with Gasteiger partial charge in [-0.15, -0.1) is 11.3 Å². The number of fused-ring (bicyclic) bond motifs is 1. The molecule has 1 aliphatic rings. The number of nitrogens with one attached hydrogen (secondary N) is 1. The molecule has 0 spiro atoms. The lowest BCUT2D eigenvalue weighted by Gasteiger charge is -2.15. The van der Waals surface area contributed by atoms with E-state index in [-0.39, 0.29) is 0 Å². The lowest BCUT2D eigenvalue weighted by molar-refractivity contribution is 0.607. The molecule has 102 valence electrons. The Bertz CT molecular complexity index is 492. The van der Waals surface area contributed by atoms with Crippen molar-refractivity contribution < 1.29 is 0 Å². The van der Waals surface area contributed by atoms with Crippen molar-refractivity contribution in [3.05, 3.63) is 43.8 Å². The lowest BCUT2D eigenvalue weighted by atomic mass is 10.1. The van der Waals surface area contributed by atoms with Crippen molar-refractivity contribution in [1.82, 2.24) is 5.32 Å². The predicted octanol–water partition coefficient (Wildman–Crippen LogP) is 4.69. The molecule has 1 N–H and O–H groups in total. The molecular formula is C15H19NS3. The first kappa shape index (κ1) is 13.7. The molecule has 3 heterocycles. The minimum Gasteiger partial charge on any atom is -0.306 e. The van der Waals surface area contributed by atoms with Crippen molar-refractivity contribution in [2.75, 3.05) is 12.3 Å². The number of hydrogen-bond acceptors (Lipinski definition) is 4. The van der Waals surface area contributed by atoms with E-state index in [0.717, 1.165) is 6.54 Å². The van der Waals surface area contributed by atoms with Crippen LogP contribution < -0.4 is 5.32 Å². The van der Waals surface area contributed by atoms with Crippen LogP contribution in [0.3, 0.4) is 0 Å². The van der Waals surface area contributed by atoms with E-state index in [0.29, 0.717) is 6.04 Å². The van der Waals surface area contributed by atoms with Gasteiger partial charge >= 0.3 is 0 Å². The number of thioether (sulfide) groups is 1. The third-order valence-electron chi connectivity index (χ3n) is 3.41. The summed E-state index contributed by atoms with van der Waals surface area (Å²) < 4.78 is 0.